The average molecular weight is 259 g/mol. The van der Waals surface area contributed by atoms with Crippen LogP contribution < -0.4 is 0 Å². The minimum atomic E-state index is -0.857. The Balaban J connectivity index is 2.12. The molecule has 1 N–H and O–H groups in total. The molecule has 0 bridgehead atoms. The molecule has 1 unspecified atom stereocenters. The maximum Gasteiger partial charge on any atom is 0.137 e. The van der Waals surface area contributed by atoms with Crippen LogP contribution in [0.1, 0.15) is 21.6 Å². The van der Waals surface area contributed by atoms with Crippen molar-refractivity contribution >= 4 is 11.3 Å². The molecule has 1 aromatic heterocycles. The second-order valence-electron chi connectivity index (χ2n) is 5.17. The van der Waals surface area contributed by atoms with Crippen molar-refractivity contribution in [2.45, 2.75) is 19.1 Å². The number of aryl methyl sites for hydroxylation is 1. The summed E-state index contributed by atoms with van der Waals surface area (Å²) < 4.78 is 0. The molecular formula is C15H17NOS. The Morgan fingerprint density at radius 3 is 2.67 bits per heavy atom. The molecule has 1 aliphatic rings. The van der Waals surface area contributed by atoms with Gasteiger partial charge in [-0.15, -0.1) is 11.3 Å². The predicted octanol–water partition coefficient (Wildman–Crippen LogP) is 2.74. The highest BCUT2D eigenvalue weighted by Gasteiger charge is 2.39. The standard InChI is InChI=1S/C15H17NOS/c1-11-3-5-13(6-4-11)15(17)10-16(2)9-12-7-8-18-14(12)15/h3-8,17H,9-10H2,1-2H3. The first-order valence-corrected chi connectivity index (χ1v) is 7.02. The number of hydrogen-bond donors (Lipinski definition) is 1. The SMILES string of the molecule is Cc1ccc(C2(O)CN(C)Cc3ccsc32)cc1. The summed E-state index contributed by atoms with van der Waals surface area (Å²) in [7, 11) is 2.06. The number of thiophene rings is 1. The first kappa shape index (κ1) is 11.9. The average Bonchev–Trinajstić information content (AvgIpc) is 2.78. The minimum Gasteiger partial charge on any atom is -0.378 e. The van der Waals surface area contributed by atoms with Crippen LogP contribution in [0.15, 0.2) is 35.7 Å². The summed E-state index contributed by atoms with van der Waals surface area (Å²) in [4.78, 5) is 3.28. The zero-order valence-corrected chi connectivity index (χ0v) is 11.5. The first-order chi connectivity index (χ1) is 8.59. The van der Waals surface area contributed by atoms with Crippen LogP contribution in [0, 0.1) is 6.92 Å². The van der Waals surface area contributed by atoms with Crippen molar-refractivity contribution in [1.29, 1.82) is 0 Å². The highest BCUT2D eigenvalue weighted by Crippen LogP contribution is 2.40. The largest absolute Gasteiger partial charge is 0.378 e. The zero-order chi connectivity index (χ0) is 12.8. The molecule has 18 heavy (non-hydrogen) atoms. The lowest BCUT2D eigenvalue weighted by Crippen LogP contribution is -2.43. The number of fused-ring (bicyclic) bond motifs is 1. The highest BCUT2D eigenvalue weighted by atomic mass is 32.1. The molecule has 2 nitrogen and oxygen atoms in total. The van der Waals surface area contributed by atoms with E-state index in [1.54, 1.807) is 11.3 Å². The quantitative estimate of drug-likeness (QED) is 0.851. The molecule has 1 atom stereocenters. The second kappa shape index (κ2) is 4.19. The smallest absolute Gasteiger partial charge is 0.137 e. The van der Waals surface area contributed by atoms with Crippen molar-refractivity contribution in [3.8, 4) is 0 Å². The van der Waals surface area contributed by atoms with E-state index >= 15 is 0 Å². The fourth-order valence-electron chi connectivity index (χ4n) is 2.68. The van der Waals surface area contributed by atoms with Gasteiger partial charge < -0.3 is 5.11 Å². The lowest BCUT2D eigenvalue weighted by molar-refractivity contribution is 0.0321. The van der Waals surface area contributed by atoms with Crippen LogP contribution in [0.5, 0.6) is 0 Å². The zero-order valence-electron chi connectivity index (χ0n) is 10.7. The van der Waals surface area contributed by atoms with Gasteiger partial charge in [-0.25, -0.2) is 0 Å². The lowest BCUT2D eigenvalue weighted by atomic mass is 9.86. The van der Waals surface area contributed by atoms with Gasteiger partial charge in [-0.2, -0.15) is 0 Å². The molecule has 1 aliphatic heterocycles. The van der Waals surface area contributed by atoms with Gasteiger partial charge in [-0.1, -0.05) is 29.8 Å². The Kier molecular flexibility index (Phi) is 2.77. The number of benzene rings is 1. The Bertz CT molecular complexity index is 560. The molecule has 0 aliphatic carbocycles. The molecule has 0 radical (unpaired) electrons. The van der Waals surface area contributed by atoms with Gasteiger partial charge in [0.1, 0.15) is 5.60 Å². The summed E-state index contributed by atoms with van der Waals surface area (Å²) >= 11 is 1.66. The van der Waals surface area contributed by atoms with Crippen LogP contribution in [0.2, 0.25) is 0 Å². The Morgan fingerprint density at radius 1 is 1.22 bits per heavy atom. The van der Waals surface area contributed by atoms with E-state index in [0.717, 1.165) is 17.0 Å². The Hall–Kier alpha value is -1.16. The summed E-state index contributed by atoms with van der Waals surface area (Å²) in [5.74, 6) is 0. The van der Waals surface area contributed by atoms with Gasteiger partial charge in [-0.05, 0) is 36.5 Å². The van der Waals surface area contributed by atoms with Crippen molar-refractivity contribution in [3.05, 3.63) is 57.3 Å². The molecule has 0 saturated carbocycles. The van der Waals surface area contributed by atoms with Crippen LogP contribution in [0.25, 0.3) is 0 Å². The summed E-state index contributed by atoms with van der Waals surface area (Å²) in [5, 5.41) is 13.2. The number of nitrogens with zero attached hydrogens (tertiary/aromatic N) is 1. The monoisotopic (exact) mass is 259 g/mol. The summed E-state index contributed by atoms with van der Waals surface area (Å²) in [6.45, 7) is 3.65. The predicted molar refractivity (Wildman–Crippen MR) is 74.8 cm³/mol. The van der Waals surface area contributed by atoms with Gasteiger partial charge in [-0.3, -0.25) is 4.90 Å². The van der Waals surface area contributed by atoms with Gasteiger partial charge in [0.25, 0.3) is 0 Å². The summed E-state index contributed by atoms with van der Waals surface area (Å²) in [6.07, 6.45) is 0. The van der Waals surface area contributed by atoms with Crippen molar-refractivity contribution < 1.29 is 5.11 Å². The molecule has 0 saturated heterocycles. The van der Waals surface area contributed by atoms with E-state index in [1.807, 2.05) is 12.1 Å². The third-order valence-electron chi connectivity index (χ3n) is 3.59. The van der Waals surface area contributed by atoms with Crippen molar-refractivity contribution in [1.82, 2.24) is 4.90 Å². The number of likely N-dealkylation sites (N-methyl/N-ethyl adjacent to an activating group) is 1. The molecule has 0 amide bonds. The van der Waals surface area contributed by atoms with Crippen LogP contribution in [-0.2, 0) is 12.1 Å². The summed E-state index contributed by atoms with van der Waals surface area (Å²) in [5.41, 5.74) is 2.60. The highest BCUT2D eigenvalue weighted by molar-refractivity contribution is 7.10. The van der Waals surface area contributed by atoms with Gasteiger partial charge in [0.05, 0.1) is 0 Å². The molecular weight excluding hydrogens is 242 g/mol. The van der Waals surface area contributed by atoms with Crippen molar-refractivity contribution in [2.75, 3.05) is 13.6 Å². The van der Waals surface area contributed by atoms with E-state index in [4.69, 9.17) is 0 Å². The second-order valence-corrected chi connectivity index (χ2v) is 6.09. The van der Waals surface area contributed by atoms with E-state index in [1.165, 1.54) is 11.1 Å². The molecule has 3 rings (SSSR count). The van der Waals surface area contributed by atoms with Crippen LogP contribution >= 0.6 is 11.3 Å². The van der Waals surface area contributed by atoms with E-state index in [9.17, 15) is 5.11 Å². The fourth-order valence-corrected chi connectivity index (χ4v) is 3.71. The number of hydrogen-bond acceptors (Lipinski definition) is 3. The van der Waals surface area contributed by atoms with Crippen molar-refractivity contribution in [3.63, 3.8) is 0 Å². The Labute approximate surface area is 112 Å². The van der Waals surface area contributed by atoms with E-state index in [0.29, 0.717) is 6.54 Å². The Morgan fingerprint density at radius 2 is 1.94 bits per heavy atom. The normalized spacial score (nSPS) is 23.9. The maximum absolute atomic E-state index is 11.1. The topological polar surface area (TPSA) is 23.5 Å². The number of aliphatic hydroxyl groups is 1. The number of β-amino-alcohol motifs (C(OH)–C–C–N with tert-alkyl or cyclic N) is 1. The molecule has 1 aromatic carbocycles. The lowest BCUT2D eigenvalue weighted by Gasteiger charge is -2.37. The van der Waals surface area contributed by atoms with Crippen LogP contribution in [-0.4, -0.2) is 23.6 Å². The van der Waals surface area contributed by atoms with Gasteiger partial charge in [0.15, 0.2) is 0 Å². The fraction of sp³-hybridized carbons (Fsp3) is 0.333. The van der Waals surface area contributed by atoms with Crippen molar-refractivity contribution in [2.24, 2.45) is 0 Å². The molecule has 94 valence electrons. The minimum absolute atomic E-state index is 0.656. The van der Waals surface area contributed by atoms with E-state index in [-0.39, 0.29) is 0 Å². The van der Waals surface area contributed by atoms with Crippen LogP contribution in [0.4, 0.5) is 0 Å². The van der Waals surface area contributed by atoms with Crippen LogP contribution in [0.3, 0.4) is 0 Å². The molecule has 0 spiro atoms. The third-order valence-corrected chi connectivity index (χ3v) is 4.70. The van der Waals surface area contributed by atoms with Gasteiger partial charge >= 0.3 is 0 Å². The number of rotatable bonds is 1. The van der Waals surface area contributed by atoms with E-state index < -0.39 is 5.60 Å². The van der Waals surface area contributed by atoms with E-state index in [2.05, 4.69) is 42.5 Å². The third kappa shape index (κ3) is 1.79. The van der Waals surface area contributed by atoms with Gasteiger partial charge in [0.2, 0.25) is 0 Å². The molecule has 2 aromatic rings. The van der Waals surface area contributed by atoms with Gasteiger partial charge in [0, 0.05) is 18.0 Å². The molecule has 0 fully saturated rings. The summed E-state index contributed by atoms with van der Waals surface area (Å²) in [6, 6.07) is 10.3. The first-order valence-electron chi connectivity index (χ1n) is 6.14. The molecule has 3 heteroatoms. The maximum atomic E-state index is 11.1. The molecule has 2 heterocycles.